The molecule has 3 nitrogen and oxygen atoms in total. The highest BCUT2D eigenvalue weighted by Crippen LogP contribution is 2.26. The lowest BCUT2D eigenvalue weighted by atomic mass is 10.1. The van der Waals surface area contributed by atoms with Gasteiger partial charge in [0, 0.05) is 10.9 Å². The lowest BCUT2D eigenvalue weighted by Crippen LogP contribution is -2.16. The Labute approximate surface area is 156 Å². The number of carbonyl (C=O) groups is 1. The number of aromatic nitrogens is 1. The fourth-order valence-corrected chi connectivity index (χ4v) is 3.21. The lowest BCUT2D eigenvalue weighted by molar-refractivity contribution is 0.102. The van der Waals surface area contributed by atoms with E-state index < -0.39 is 34.7 Å². The largest absolute Gasteiger partial charge is 0.298 e. The highest BCUT2D eigenvalue weighted by Gasteiger charge is 2.23. The molecule has 140 valence electrons. The summed E-state index contributed by atoms with van der Waals surface area (Å²) >= 11 is 1.07. The van der Waals surface area contributed by atoms with E-state index in [4.69, 9.17) is 0 Å². The lowest BCUT2D eigenvalue weighted by Gasteiger charge is -2.05. The van der Waals surface area contributed by atoms with Crippen molar-refractivity contribution in [3.05, 3.63) is 70.1 Å². The normalized spacial score (nSPS) is 10.9. The van der Waals surface area contributed by atoms with E-state index >= 15 is 0 Å². The quantitative estimate of drug-likeness (QED) is 0.349. The molecule has 0 atom stereocenters. The van der Waals surface area contributed by atoms with E-state index in [0.29, 0.717) is 11.8 Å². The third kappa shape index (κ3) is 4.00. The summed E-state index contributed by atoms with van der Waals surface area (Å²) in [5.41, 5.74) is 1.68. The summed E-state index contributed by atoms with van der Waals surface area (Å²) < 4.78 is 53.2. The standard InChI is InChI=1S/C19H14F4N2OS/c1-2-3-10-4-6-11(7-5-10)14-9-27-19(24-14)25-18(26)12-8-13(20)16(22)17(23)15(12)21/h4-9H,2-3H2,1H3,(H,24,25,26). The third-order valence-electron chi connectivity index (χ3n) is 3.86. The summed E-state index contributed by atoms with van der Waals surface area (Å²) in [6.45, 7) is 2.09. The number of hydrogen-bond donors (Lipinski definition) is 1. The Balaban J connectivity index is 1.79. The maximum atomic E-state index is 13.7. The van der Waals surface area contributed by atoms with Crippen LogP contribution in [0.1, 0.15) is 29.3 Å². The van der Waals surface area contributed by atoms with E-state index in [-0.39, 0.29) is 5.13 Å². The molecule has 0 aliphatic carbocycles. The second-order valence-corrected chi connectivity index (χ2v) is 6.64. The van der Waals surface area contributed by atoms with Crippen LogP contribution in [0.2, 0.25) is 0 Å². The van der Waals surface area contributed by atoms with E-state index in [0.717, 1.165) is 29.7 Å². The summed E-state index contributed by atoms with van der Waals surface area (Å²) in [6, 6.07) is 8.07. The van der Waals surface area contributed by atoms with Crippen LogP contribution in [0.5, 0.6) is 0 Å². The molecule has 3 rings (SSSR count). The van der Waals surface area contributed by atoms with Gasteiger partial charge < -0.3 is 0 Å². The average molecular weight is 394 g/mol. The van der Waals surface area contributed by atoms with Crippen LogP contribution < -0.4 is 5.32 Å². The summed E-state index contributed by atoms with van der Waals surface area (Å²) in [7, 11) is 0. The van der Waals surface area contributed by atoms with Gasteiger partial charge >= 0.3 is 0 Å². The number of aryl methyl sites for hydroxylation is 1. The topological polar surface area (TPSA) is 42.0 Å². The second-order valence-electron chi connectivity index (χ2n) is 5.79. The van der Waals surface area contributed by atoms with Gasteiger partial charge in [0.2, 0.25) is 0 Å². The van der Waals surface area contributed by atoms with Crippen molar-refractivity contribution < 1.29 is 22.4 Å². The van der Waals surface area contributed by atoms with Gasteiger partial charge in [-0.05, 0) is 18.1 Å². The van der Waals surface area contributed by atoms with Crippen LogP contribution in [-0.4, -0.2) is 10.9 Å². The Morgan fingerprint density at radius 2 is 1.78 bits per heavy atom. The molecular formula is C19H14F4N2OS. The number of thiazole rings is 1. The zero-order chi connectivity index (χ0) is 19.6. The number of nitrogens with one attached hydrogen (secondary N) is 1. The Morgan fingerprint density at radius 3 is 2.44 bits per heavy atom. The SMILES string of the molecule is CCCc1ccc(-c2csc(NC(=O)c3cc(F)c(F)c(F)c3F)n2)cc1. The first kappa shape index (κ1) is 19.0. The fourth-order valence-electron chi connectivity index (χ4n) is 2.50. The summed E-state index contributed by atoms with van der Waals surface area (Å²) in [4.78, 5) is 16.3. The summed E-state index contributed by atoms with van der Waals surface area (Å²) in [6.07, 6.45) is 2.00. The monoisotopic (exact) mass is 394 g/mol. The van der Waals surface area contributed by atoms with Crippen LogP contribution >= 0.6 is 11.3 Å². The van der Waals surface area contributed by atoms with E-state index in [1.165, 1.54) is 5.56 Å². The van der Waals surface area contributed by atoms with E-state index in [1.54, 1.807) is 5.38 Å². The molecule has 3 aromatic rings. The number of carbonyl (C=O) groups excluding carboxylic acids is 1. The van der Waals surface area contributed by atoms with Crippen LogP contribution in [0.25, 0.3) is 11.3 Å². The van der Waals surface area contributed by atoms with Crippen LogP contribution in [-0.2, 0) is 6.42 Å². The first-order valence-electron chi connectivity index (χ1n) is 8.10. The Hall–Kier alpha value is -2.74. The van der Waals surface area contributed by atoms with Gasteiger partial charge in [-0.15, -0.1) is 11.3 Å². The van der Waals surface area contributed by atoms with Crippen molar-refractivity contribution in [2.24, 2.45) is 0 Å². The van der Waals surface area contributed by atoms with Gasteiger partial charge in [0.05, 0.1) is 11.3 Å². The average Bonchev–Trinajstić information content (AvgIpc) is 3.12. The minimum Gasteiger partial charge on any atom is -0.298 e. The van der Waals surface area contributed by atoms with Gasteiger partial charge in [0.1, 0.15) is 0 Å². The predicted octanol–water partition coefficient (Wildman–Crippen LogP) is 5.57. The smallest absolute Gasteiger partial charge is 0.260 e. The minimum absolute atomic E-state index is 0.122. The first-order valence-corrected chi connectivity index (χ1v) is 8.97. The van der Waals surface area contributed by atoms with Crippen molar-refractivity contribution in [1.29, 1.82) is 0 Å². The molecule has 0 aliphatic heterocycles. The Morgan fingerprint density at radius 1 is 1.07 bits per heavy atom. The van der Waals surface area contributed by atoms with E-state index in [2.05, 4.69) is 17.2 Å². The first-order chi connectivity index (χ1) is 12.9. The van der Waals surface area contributed by atoms with E-state index in [1.807, 2.05) is 24.3 Å². The fraction of sp³-hybridized carbons (Fsp3) is 0.158. The summed E-state index contributed by atoms with van der Waals surface area (Å²) in [5.74, 6) is -8.52. The Kier molecular flexibility index (Phi) is 5.55. The molecule has 1 amide bonds. The second kappa shape index (κ2) is 7.87. The summed E-state index contributed by atoms with van der Waals surface area (Å²) in [5, 5.41) is 4.08. The molecule has 0 saturated heterocycles. The third-order valence-corrected chi connectivity index (χ3v) is 4.62. The predicted molar refractivity (Wildman–Crippen MR) is 95.8 cm³/mol. The van der Waals surface area contributed by atoms with Crippen molar-refractivity contribution in [1.82, 2.24) is 4.98 Å². The van der Waals surface area contributed by atoms with Crippen LogP contribution in [0.4, 0.5) is 22.7 Å². The van der Waals surface area contributed by atoms with Crippen LogP contribution in [0.3, 0.4) is 0 Å². The van der Waals surface area contributed by atoms with Gasteiger partial charge in [-0.3, -0.25) is 10.1 Å². The van der Waals surface area contributed by atoms with Crippen molar-refractivity contribution in [3.8, 4) is 11.3 Å². The number of nitrogens with zero attached hydrogens (tertiary/aromatic N) is 1. The molecule has 1 heterocycles. The molecule has 0 spiro atoms. The van der Waals surface area contributed by atoms with Gasteiger partial charge in [0.15, 0.2) is 28.4 Å². The zero-order valence-corrected chi connectivity index (χ0v) is 15.0. The molecule has 1 aromatic heterocycles. The number of amides is 1. The molecule has 2 aromatic carbocycles. The highest BCUT2D eigenvalue weighted by molar-refractivity contribution is 7.14. The highest BCUT2D eigenvalue weighted by atomic mass is 32.1. The van der Waals surface area contributed by atoms with Crippen LogP contribution in [0, 0.1) is 23.3 Å². The van der Waals surface area contributed by atoms with Gasteiger partial charge in [-0.1, -0.05) is 37.6 Å². The minimum atomic E-state index is -2.04. The molecule has 0 bridgehead atoms. The molecule has 27 heavy (non-hydrogen) atoms. The number of benzene rings is 2. The van der Waals surface area contributed by atoms with E-state index in [9.17, 15) is 22.4 Å². The molecule has 0 radical (unpaired) electrons. The van der Waals surface area contributed by atoms with Gasteiger partial charge in [0.25, 0.3) is 5.91 Å². The number of rotatable bonds is 5. The van der Waals surface area contributed by atoms with Crippen LogP contribution in [0.15, 0.2) is 35.7 Å². The molecule has 0 aliphatic rings. The van der Waals surface area contributed by atoms with Gasteiger partial charge in [-0.2, -0.15) is 0 Å². The maximum absolute atomic E-state index is 13.7. The molecule has 8 heteroatoms. The van der Waals surface area contributed by atoms with Crippen molar-refractivity contribution in [3.63, 3.8) is 0 Å². The Bertz CT molecular complexity index is 986. The number of halogens is 4. The van der Waals surface area contributed by atoms with Gasteiger partial charge in [-0.25, -0.2) is 22.5 Å². The van der Waals surface area contributed by atoms with Crippen molar-refractivity contribution >= 4 is 22.4 Å². The molecule has 0 saturated carbocycles. The maximum Gasteiger partial charge on any atom is 0.260 e. The van der Waals surface area contributed by atoms with Crippen molar-refractivity contribution in [2.75, 3.05) is 5.32 Å². The number of hydrogen-bond acceptors (Lipinski definition) is 3. The molecule has 0 unspecified atom stereocenters. The zero-order valence-electron chi connectivity index (χ0n) is 14.2. The molecule has 0 fully saturated rings. The number of anilines is 1. The van der Waals surface area contributed by atoms with Crippen molar-refractivity contribution in [2.45, 2.75) is 19.8 Å². The molecular weight excluding hydrogens is 380 g/mol. The molecule has 1 N–H and O–H groups in total.